The highest BCUT2D eigenvalue weighted by Crippen LogP contribution is 2.23. The van der Waals surface area contributed by atoms with E-state index in [2.05, 4.69) is 22.7 Å². The van der Waals surface area contributed by atoms with Crippen molar-refractivity contribution in [2.45, 2.75) is 19.3 Å². The summed E-state index contributed by atoms with van der Waals surface area (Å²) in [6, 6.07) is 0. The molecule has 0 radical (unpaired) electrons. The van der Waals surface area contributed by atoms with Crippen molar-refractivity contribution in [1.82, 2.24) is 4.90 Å². The van der Waals surface area contributed by atoms with Gasteiger partial charge < -0.3 is 4.90 Å². The lowest BCUT2D eigenvalue weighted by molar-refractivity contribution is 0.412. The second kappa shape index (κ2) is 3.53. The van der Waals surface area contributed by atoms with Crippen molar-refractivity contribution < 1.29 is 0 Å². The van der Waals surface area contributed by atoms with E-state index in [0.717, 1.165) is 0 Å². The van der Waals surface area contributed by atoms with Crippen LogP contribution in [0, 0.1) is 0 Å². The predicted octanol–water partition coefficient (Wildman–Crippen LogP) is 2.10. The van der Waals surface area contributed by atoms with Crippen LogP contribution in [0.25, 0.3) is 0 Å². The molecule has 0 unspecified atom stereocenters. The molecule has 2 heterocycles. The highest BCUT2D eigenvalue weighted by molar-refractivity contribution is 7.99. The Balaban J connectivity index is 1.96. The largest absolute Gasteiger partial charge is 0.375 e. The number of hydrogen-bond donors (Lipinski definition) is 0. The molecule has 62 valence electrons. The zero-order chi connectivity index (χ0) is 7.52. The van der Waals surface area contributed by atoms with E-state index in [1.807, 2.05) is 0 Å². The number of allylic oxidation sites excluding steroid dienone is 1. The first-order valence-corrected chi connectivity index (χ1v) is 5.64. The van der Waals surface area contributed by atoms with Gasteiger partial charge in [-0.05, 0) is 25.0 Å². The summed E-state index contributed by atoms with van der Waals surface area (Å²) in [7, 11) is 0. The maximum atomic E-state index is 2.57. The molecule has 11 heavy (non-hydrogen) atoms. The van der Waals surface area contributed by atoms with Gasteiger partial charge in [0.1, 0.15) is 0 Å². The van der Waals surface area contributed by atoms with Crippen molar-refractivity contribution in [1.29, 1.82) is 0 Å². The van der Waals surface area contributed by atoms with Gasteiger partial charge in [0.25, 0.3) is 0 Å². The maximum absolute atomic E-state index is 2.57. The highest BCUT2D eigenvalue weighted by atomic mass is 32.2. The van der Waals surface area contributed by atoms with E-state index >= 15 is 0 Å². The monoisotopic (exact) mass is 169 g/mol. The molecule has 0 saturated carbocycles. The van der Waals surface area contributed by atoms with Gasteiger partial charge in [0, 0.05) is 24.5 Å². The van der Waals surface area contributed by atoms with Crippen molar-refractivity contribution in [3.63, 3.8) is 0 Å². The van der Waals surface area contributed by atoms with E-state index < -0.39 is 0 Å². The van der Waals surface area contributed by atoms with Crippen molar-refractivity contribution in [2.24, 2.45) is 0 Å². The zero-order valence-electron chi connectivity index (χ0n) is 6.88. The van der Waals surface area contributed by atoms with Crippen LogP contribution in [-0.4, -0.2) is 29.5 Å². The van der Waals surface area contributed by atoms with Crippen molar-refractivity contribution >= 4 is 11.8 Å². The molecule has 0 N–H and O–H groups in total. The lowest BCUT2D eigenvalue weighted by Gasteiger charge is -2.23. The summed E-state index contributed by atoms with van der Waals surface area (Å²) in [5, 5.41) is 0. The Bertz CT molecular complexity index is 159. The number of likely N-dealkylation sites (tertiary alicyclic amines) is 1. The fourth-order valence-electron chi connectivity index (χ4n) is 1.81. The molecule has 2 rings (SSSR count). The molecular formula is C9H15NS. The molecule has 0 bridgehead atoms. The van der Waals surface area contributed by atoms with Crippen LogP contribution in [0.4, 0.5) is 0 Å². The van der Waals surface area contributed by atoms with E-state index in [1.54, 1.807) is 5.70 Å². The first kappa shape index (κ1) is 7.53. The Morgan fingerprint density at radius 2 is 2.09 bits per heavy atom. The third kappa shape index (κ3) is 1.73. The van der Waals surface area contributed by atoms with Gasteiger partial charge >= 0.3 is 0 Å². The Morgan fingerprint density at radius 1 is 1.27 bits per heavy atom. The summed E-state index contributed by atoms with van der Waals surface area (Å²) in [5.41, 5.74) is 1.63. The smallest absolute Gasteiger partial charge is 0.0175 e. The van der Waals surface area contributed by atoms with Crippen LogP contribution in [0.5, 0.6) is 0 Å². The lowest BCUT2D eigenvalue weighted by atomic mass is 10.3. The minimum absolute atomic E-state index is 1.24. The van der Waals surface area contributed by atoms with Crippen molar-refractivity contribution in [3.05, 3.63) is 11.8 Å². The SMILES string of the molecule is C1=C(N2CCCC2)CCSC1. The zero-order valence-corrected chi connectivity index (χ0v) is 7.70. The molecule has 1 saturated heterocycles. The Hall–Kier alpha value is -0.110. The van der Waals surface area contributed by atoms with Gasteiger partial charge in [0.15, 0.2) is 0 Å². The molecule has 0 aromatic heterocycles. The fourth-order valence-corrected chi connectivity index (χ4v) is 2.64. The van der Waals surface area contributed by atoms with Gasteiger partial charge in [0.2, 0.25) is 0 Å². The van der Waals surface area contributed by atoms with Gasteiger partial charge in [-0.15, -0.1) is 0 Å². The summed E-state index contributed by atoms with van der Waals surface area (Å²) < 4.78 is 0. The molecule has 2 heteroatoms. The Morgan fingerprint density at radius 3 is 2.73 bits per heavy atom. The molecule has 1 nitrogen and oxygen atoms in total. The highest BCUT2D eigenvalue weighted by Gasteiger charge is 2.15. The third-order valence-electron chi connectivity index (χ3n) is 2.45. The van der Waals surface area contributed by atoms with Crippen LogP contribution in [0.15, 0.2) is 11.8 Å². The van der Waals surface area contributed by atoms with Gasteiger partial charge in [-0.3, -0.25) is 0 Å². The summed E-state index contributed by atoms with van der Waals surface area (Å²) in [5.74, 6) is 2.58. The number of hydrogen-bond acceptors (Lipinski definition) is 2. The average molecular weight is 169 g/mol. The van der Waals surface area contributed by atoms with Crippen LogP contribution in [0.1, 0.15) is 19.3 Å². The second-order valence-corrected chi connectivity index (χ2v) is 4.36. The fraction of sp³-hybridized carbons (Fsp3) is 0.778. The van der Waals surface area contributed by atoms with Crippen LogP contribution >= 0.6 is 11.8 Å². The van der Waals surface area contributed by atoms with Crippen molar-refractivity contribution in [2.75, 3.05) is 24.6 Å². The summed E-state index contributed by atoms with van der Waals surface area (Å²) in [6.07, 6.45) is 6.54. The molecule has 0 aromatic rings. The maximum Gasteiger partial charge on any atom is 0.0175 e. The lowest BCUT2D eigenvalue weighted by Crippen LogP contribution is -2.20. The van der Waals surface area contributed by atoms with E-state index in [1.165, 1.54) is 43.9 Å². The molecule has 0 spiro atoms. The average Bonchev–Trinajstić information content (AvgIpc) is 2.58. The van der Waals surface area contributed by atoms with Crippen LogP contribution in [0.2, 0.25) is 0 Å². The van der Waals surface area contributed by atoms with Gasteiger partial charge in [0.05, 0.1) is 0 Å². The molecule has 0 aromatic carbocycles. The quantitative estimate of drug-likeness (QED) is 0.591. The molecule has 0 amide bonds. The molecule has 0 atom stereocenters. The molecule has 1 fully saturated rings. The second-order valence-electron chi connectivity index (χ2n) is 3.21. The number of rotatable bonds is 1. The van der Waals surface area contributed by atoms with E-state index in [9.17, 15) is 0 Å². The topological polar surface area (TPSA) is 3.24 Å². The van der Waals surface area contributed by atoms with Gasteiger partial charge in [-0.1, -0.05) is 6.08 Å². The van der Waals surface area contributed by atoms with E-state index in [0.29, 0.717) is 0 Å². The van der Waals surface area contributed by atoms with Gasteiger partial charge in [-0.2, -0.15) is 11.8 Å². The van der Waals surface area contributed by atoms with Crippen LogP contribution < -0.4 is 0 Å². The normalized spacial score (nSPS) is 25.5. The number of nitrogens with zero attached hydrogens (tertiary/aromatic N) is 1. The molecular weight excluding hydrogens is 154 g/mol. The summed E-state index contributed by atoms with van der Waals surface area (Å²) in [6.45, 7) is 2.63. The Kier molecular flexibility index (Phi) is 2.41. The van der Waals surface area contributed by atoms with E-state index in [-0.39, 0.29) is 0 Å². The van der Waals surface area contributed by atoms with E-state index in [4.69, 9.17) is 0 Å². The molecule has 2 aliphatic heterocycles. The first-order valence-electron chi connectivity index (χ1n) is 4.48. The molecule has 2 aliphatic rings. The van der Waals surface area contributed by atoms with Gasteiger partial charge in [-0.25, -0.2) is 0 Å². The predicted molar refractivity (Wildman–Crippen MR) is 50.8 cm³/mol. The summed E-state index contributed by atoms with van der Waals surface area (Å²) in [4.78, 5) is 2.57. The van der Waals surface area contributed by atoms with Crippen LogP contribution in [-0.2, 0) is 0 Å². The summed E-state index contributed by atoms with van der Waals surface area (Å²) >= 11 is 2.05. The standard InChI is InChI=1S/C9H15NS/c1-2-6-10(5-1)9-3-7-11-8-4-9/h3H,1-2,4-8H2. The third-order valence-corrected chi connectivity index (χ3v) is 3.35. The minimum atomic E-state index is 1.24. The van der Waals surface area contributed by atoms with Crippen LogP contribution in [0.3, 0.4) is 0 Å². The molecule has 0 aliphatic carbocycles. The Labute approximate surface area is 72.8 Å². The van der Waals surface area contributed by atoms with Crippen molar-refractivity contribution in [3.8, 4) is 0 Å². The minimum Gasteiger partial charge on any atom is -0.375 e. The first-order chi connectivity index (χ1) is 5.47. The number of thioether (sulfide) groups is 1.